The molecule has 2 aromatic rings. The van der Waals surface area contributed by atoms with Gasteiger partial charge in [-0.1, -0.05) is 60.7 Å². The number of nitrogens with one attached hydrogen (secondary N) is 2. The maximum atomic E-state index is 14.2. The molecule has 3 rings (SSSR count). The Balaban J connectivity index is 2.05. The maximum absolute atomic E-state index is 14.2. The van der Waals surface area contributed by atoms with Crippen molar-refractivity contribution < 1.29 is 90.5 Å². The van der Waals surface area contributed by atoms with Gasteiger partial charge in [0.25, 0.3) is 5.91 Å². The van der Waals surface area contributed by atoms with Gasteiger partial charge < -0.3 is 58.0 Å². The predicted octanol–water partition coefficient (Wildman–Crippen LogP) is 1.49. The molecule has 1 aliphatic rings. The molecule has 2 aromatic carbocycles. The Bertz CT molecular complexity index is 1880. The normalized spacial score (nSPS) is 20.0. The highest BCUT2D eigenvalue weighted by atomic mass is 16.7. The summed E-state index contributed by atoms with van der Waals surface area (Å²) in [7, 11) is 0. The Labute approximate surface area is 356 Å². The second-order valence-corrected chi connectivity index (χ2v) is 13.6. The van der Waals surface area contributed by atoms with E-state index in [2.05, 4.69) is 10.6 Å². The molecule has 2 N–H and O–H groups in total. The summed E-state index contributed by atoms with van der Waals surface area (Å²) < 4.78 is 55.2. The Morgan fingerprint density at radius 2 is 1.10 bits per heavy atom. The first-order valence-electron chi connectivity index (χ1n) is 19.1. The summed E-state index contributed by atoms with van der Waals surface area (Å²) >= 11 is 0. The Kier molecular flexibility index (Phi) is 19.7. The van der Waals surface area contributed by atoms with E-state index in [-0.39, 0.29) is 13.2 Å². The summed E-state index contributed by atoms with van der Waals surface area (Å²) in [4.78, 5) is 114. The minimum absolute atomic E-state index is 0.125. The van der Waals surface area contributed by atoms with Crippen molar-refractivity contribution in [2.24, 2.45) is 0 Å². The second-order valence-electron chi connectivity index (χ2n) is 13.6. The Hall–Kier alpha value is -6.61. The molecule has 0 spiro atoms. The van der Waals surface area contributed by atoms with Crippen LogP contribution in [-0.2, 0) is 98.9 Å². The SMILES string of the molecule is CC(=O)OC[C@@H](OC(C)=O)[C@@H](OC(C)=O)[C@H](OC(C)=O)[C@@H](OC(C)=O)C(=O)NC[C@H]1O[C@H](OCc2ccccc2)[C@H](NC(=O)OCc2ccccc2)[C@@H](OC(C)=O)[C@@H]1OC(C)=O. The highest BCUT2D eigenvalue weighted by Gasteiger charge is 2.52. The van der Waals surface area contributed by atoms with Crippen LogP contribution in [0.3, 0.4) is 0 Å². The molecule has 0 radical (unpaired) electrons. The number of esters is 7. The van der Waals surface area contributed by atoms with Crippen LogP contribution in [0.15, 0.2) is 60.7 Å². The number of rotatable bonds is 20. The molecule has 1 saturated heterocycles. The van der Waals surface area contributed by atoms with E-state index in [9.17, 15) is 43.2 Å². The minimum atomic E-state index is -2.19. The van der Waals surface area contributed by atoms with Crippen molar-refractivity contribution in [3.05, 3.63) is 71.8 Å². The zero-order valence-corrected chi connectivity index (χ0v) is 35.1. The van der Waals surface area contributed by atoms with E-state index in [4.69, 9.17) is 47.4 Å². The lowest BCUT2D eigenvalue weighted by atomic mass is 9.95. The van der Waals surface area contributed by atoms with E-state index >= 15 is 0 Å². The van der Waals surface area contributed by atoms with Crippen molar-refractivity contribution in [2.45, 2.75) is 117 Å². The molecule has 1 heterocycles. The number of carbonyl (C=O) groups is 9. The summed E-state index contributed by atoms with van der Waals surface area (Å²) in [6, 6.07) is 16.0. The van der Waals surface area contributed by atoms with Crippen LogP contribution >= 0.6 is 0 Å². The van der Waals surface area contributed by atoms with Gasteiger partial charge in [-0.15, -0.1) is 0 Å². The van der Waals surface area contributed by atoms with Crippen LogP contribution < -0.4 is 10.6 Å². The van der Waals surface area contributed by atoms with Crippen LogP contribution in [0.1, 0.15) is 59.6 Å². The van der Waals surface area contributed by atoms with Crippen molar-refractivity contribution in [1.29, 1.82) is 0 Å². The molecule has 0 unspecified atom stereocenters. The van der Waals surface area contributed by atoms with Crippen molar-refractivity contribution >= 4 is 53.8 Å². The fourth-order valence-corrected chi connectivity index (χ4v) is 6.08. The van der Waals surface area contributed by atoms with E-state index in [1.54, 1.807) is 60.7 Å². The van der Waals surface area contributed by atoms with Crippen molar-refractivity contribution in [1.82, 2.24) is 10.6 Å². The highest BCUT2D eigenvalue weighted by Crippen LogP contribution is 2.29. The average Bonchev–Trinajstić information content (AvgIpc) is 3.19. The second kappa shape index (κ2) is 24.6. The molecule has 0 saturated carbocycles. The molecular weight excluding hydrogens is 824 g/mol. The third-order valence-corrected chi connectivity index (χ3v) is 8.39. The fourth-order valence-electron chi connectivity index (χ4n) is 6.08. The first-order chi connectivity index (χ1) is 29.3. The van der Waals surface area contributed by atoms with Gasteiger partial charge in [0.2, 0.25) is 6.10 Å². The molecule has 21 heteroatoms. The van der Waals surface area contributed by atoms with Crippen LogP contribution in [0, 0.1) is 0 Å². The molecule has 62 heavy (non-hydrogen) atoms. The van der Waals surface area contributed by atoms with Crippen molar-refractivity contribution in [3.63, 3.8) is 0 Å². The number of hydrogen-bond acceptors (Lipinski definition) is 19. The van der Waals surface area contributed by atoms with Gasteiger partial charge in [0.05, 0.1) is 6.61 Å². The van der Waals surface area contributed by atoms with Crippen LogP contribution in [0.2, 0.25) is 0 Å². The molecule has 338 valence electrons. The molecule has 0 bridgehead atoms. The number of alkyl carbamates (subject to hydrolysis) is 1. The van der Waals surface area contributed by atoms with Crippen LogP contribution in [-0.4, -0.2) is 122 Å². The molecule has 1 fully saturated rings. The lowest BCUT2D eigenvalue weighted by Gasteiger charge is -2.45. The molecule has 1 aliphatic heterocycles. The molecule has 0 aliphatic carbocycles. The van der Waals surface area contributed by atoms with Gasteiger partial charge in [-0.25, -0.2) is 4.79 Å². The molecular formula is C41H50N2O19. The maximum Gasteiger partial charge on any atom is 0.407 e. The average molecular weight is 875 g/mol. The summed E-state index contributed by atoms with van der Waals surface area (Å²) in [5.41, 5.74) is 1.30. The molecule has 9 atom stereocenters. The zero-order chi connectivity index (χ0) is 45.9. The van der Waals surface area contributed by atoms with Gasteiger partial charge in [-0.3, -0.25) is 38.4 Å². The molecule has 2 amide bonds. The fraction of sp³-hybridized carbons (Fsp3) is 0.488. The van der Waals surface area contributed by atoms with E-state index in [1.807, 2.05) is 0 Å². The Morgan fingerprint density at radius 3 is 1.61 bits per heavy atom. The number of benzene rings is 2. The third kappa shape index (κ3) is 16.8. The van der Waals surface area contributed by atoms with Crippen LogP contribution in [0.4, 0.5) is 4.79 Å². The monoisotopic (exact) mass is 874 g/mol. The van der Waals surface area contributed by atoms with Gasteiger partial charge >= 0.3 is 47.9 Å². The predicted molar refractivity (Wildman–Crippen MR) is 206 cm³/mol. The van der Waals surface area contributed by atoms with E-state index < -0.39 is 122 Å². The molecule has 0 aromatic heterocycles. The van der Waals surface area contributed by atoms with Crippen LogP contribution in [0.25, 0.3) is 0 Å². The number of hydrogen-bond donors (Lipinski definition) is 2. The number of carbonyl (C=O) groups excluding carboxylic acids is 9. The first kappa shape index (κ1) is 49.8. The summed E-state index contributed by atoms with van der Waals surface area (Å²) in [6.45, 7) is 5.16. The summed E-state index contributed by atoms with van der Waals surface area (Å²) in [5, 5.41) is 5.03. The minimum Gasteiger partial charge on any atom is -0.462 e. The van der Waals surface area contributed by atoms with Gasteiger partial charge in [-0.2, -0.15) is 0 Å². The first-order valence-corrected chi connectivity index (χ1v) is 19.1. The van der Waals surface area contributed by atoms with Gasteiger partial charge in [0.15, 0.2) is 36.8 Å². The van der Waals surface area contributed by atoms with Crippen molar-refractivity contribution in [2.75, 3.05) is 13.2 Å². The lowest BCUT2D eigenvalue weighted by Crippen LogP contribution is -2.67. The largest absolute Gasteiger partial charge is 0.462 e. The van der Waals surface area contributed by atoms with Gasteiger partial charge in [-0.05, 0) is 11.1 Å². The number of ether oxygens (including phenoxy) is 10. The summed E-state index contributed by atoms with van der Waals surface area (Å²) in [6.07, 6.45) is -15.0. The summed E-state index contributed by atoms with van der Waals surface area (Å²) in [5.74, 6) is -8.06. The van der Waals surface area contributed by atoms with E-state index in [0.717, 1.165) is 48.5 Å². The standard InChI is InChI=1S/C41H50N2O19/c1-22(44)53-21-32(56-23(2)45)35(58-25(4)47)37(60-27(6)49)38(61-28(7)50)39(51)42-18-31-34(57-24(3)46)36(59-26(5)48)33(40(62-31)54-19-29-14-10-8-11-15-29)43-41(52)55-20-30-16-12-9-13-17-30/h8-17,31-38,40H,18-21H2,1-7H3,(H,42,51)(H,43,52)/t31-,32-,33-,34-,35-,36-,37+,38-,40+/m1/s1. The zero-order valence-electron chi connectivity index (χ0n) is 35.1. The van der Waals surface area contributed by atoms with Gasteiger partial charge in [0, 0.05) is 55.0 Å². The van der Waals surface area contributed by atoms with Crippen molar-refractivity contribution in [3.8, 4) is 0 Å². The molecule has 21 nitrogen and oxygen atoms in total. The van der Waals surface area contributed by atoms with Crippen LogP contribution in [0.5, 0.6) is 0 Å². The Morgan fingerprint density at radius 1 is 0.581 bits per heavy atom. The topological polar surface area (TPSA) is 270 Å². The highest BCUT2D eigenvalue weighted by molar-refractivity contribution is 5.85. The quantitative estimate of drug-likeness (QED) is 0.141. The third-order valence-electron chi connectivity index (χ3n) is 8.39. The number of amides is 2. The van der Waals surface area contributed by atoms with Gasteiger partial charge in [0.1, 0.15) is 25.4 Å². The van der Waals surface area contributed by atoms with E-state index in [1.165, 1.54) is 0 Å². The van der Waals surface area contributed by atoms with E-state index in [0.29, 0.717) is 11.1 Å². The smallest absolute Gasteiger partial charge is 0.407 e. The lowest BCUT2D eigenvalue weighted by molar-refractivity contribution is -0.273.